The van der Waals surface area contributed by atoms with Crippen LogP contribution in [0.15, 0.2) is 0 Å². The molecule has 0 aliphatic rings. The molecule has 0 bridgehead atoms. The van der Waals surface area contributed by atoms with Crippen molar-refractivity contribution in [3.8, 4) is 0 Å². The molecular weight excluding hydrogens is 167 g/mol. The van der Waals surface area contributed by atoms with E-state index < -0.39 is 30.1 Å². The fourth-order valence-corrected chi connectivity index (χ4v) is 1.71. The van der Waals surface area contributed by atoms with Gasteiger partial charge in [0.2, 0.25) is 0 Å². The van der Waals surface area contributed by atoms with Crippen molar-refractivity contribution in [2.45, 2.75) is 0 Å². The maximum absolute atomic E-state index is 9.82. The first-order valence-electron chi connectivity index (χ1n) is 1.99. The highest BCUT2D eigenvalue weighted by molar-refractivity contribution is 7.86. The van der Waals surface area contributed by atoms with E-state index in [9.17, 15) is 17.9 Å². The molecule has 0 aromatic carbocycles. The summed E-state index contributed by atoms with van der Waals surface area (Å²) in [6.45, 7) is 0. The van der Waals surface area contributed by atoms with Crippen LogP contribution in [-0.4, -0.2) is 24.9 Å². The van der Waals surface area contributed by atoms with Gasteiger partial charge in [-0.25, -0.2) is 0 Å². The van der Waals surface area contributed by atoms with Crippen molar-refractivity contribution < 1.29 is 22.4 Å². The van der Waals surface area contributed by atoms with Crippen molar-refractivity contribution in [3.05, 3.63) is 0 Å². The largest absolute Gasteiger partial charge is 0.596 e. The van der Waals surface area contributed by atoms with Crippen LogP contribution in [0, 0.1) is 0 Å². The maximum Gasteiger partial charge on any atom is 0.309 e. The third-order valence-corrected chi connectivity index (χ3v) is 2.14. The molecule has 0 spiro atoms. The van der Waals surface area contributed by atoms with E-state index in [0.717, 1.165) is 0 Å². The third kappa shape index (κ3) is 7.97. The standard InChI is InChI=1S/C2H5O5PS/c3-8(4)1-2-9(5,6)7/h1-2H2,(H,5,6,7). The lowest BCUT2D eigenvalue weighted by molar-refractivity contribution is -0.163. The van der Waals surface area contributed by atoms with Gasteiger partial charge in [0.15, 0.2) is 6.16 Å². The summed E-state index contributed by atoms with van der Waals surface area (Å²) in [6.07, 6.45) is -0.520. The summed E-state index contributed by atoms with van der Waals surface area (Å²) in [5, 5.41) is 0. The molecular formula is C2H5O5PS. The van der Waals surface area contributed by atoms with Crippen LogP contribution in [0.2, 0.25) is 0 Å². The highest BCUT2D eigenvalue weighted by Crippen LogP contribution is 2.05. The summed E-state index contributed by atoms with van der Waals surface area (Å²) in [5.74, 6) is -0.717. The van der Waals surface area contributed by atoms with Crippen molar-refractivity contribution in [2.75, 3.05) is 11.9 Å². The van der Waals surface area contributed by atoms with Crippen molar-refractivity contribution in [3.63, 3.8) is 0 Å². The molecule has 1 unspecified atom stereocenters. The molecule has 54 valence electrons. The molecule has 1 N–H and O–H groups in total. The lowest BCUT2D eigenvalue weighted by Gasteiger charge is -1.87. The lowest BCUT2D eigenvalue weighted by atomic mass is 11.0. The Kier molecular flexibility index (Phi) is 3.21. The molecule has 0 radical (unpaired) electrons. The Morgan fingerprint density at radius 3 is 2.11 bits per heavy atom. The van der Waals surface area contributed by atoms with Crippen molar-refractivity contribution in [1.82, 2.24) is 0 Å². The Morgan fingerprint density at radius 2 is 2.00 bits per heavy atom. The molecule has 5 nitrogen and oxygen atoms in total. The predicted molar refractivity (Wildman–Crippen MR) is 28.9 cm³/mol. The average molecular weight is 172 g/mol. The van der Waals surface area contributed by atoms with E-state index in [1.54, 1.807) is 0 Å². The van der Waals surface area contributed by atoms with Crippen molar-refractivity contribution in [1.29, 1.82) is 0 Å². The van der Waals surface area contributed by atoms with Crippen molar-refractivity contribution in [2.24, 2.45) is 0 Å². The van der Waals surface area contributed by atoms with Crippen LogP contribution in [-0.2, 0) is 14.7 Å². The fourth-order valence-electron chi connectivity index (χ4n) is 0.190. The van der Waals surface area contributed by atoms with E-state index in [2.05, 4.69) is 0 Å². The number of hydrogen-bond donors (Lipinski definition) is 1. The molecule has 7 heteroatoms. The molecule has 0 saturated heterocycles. The minimum Gasteiger partial charge on any atom is -0.596 e. The first kappa shape index (κ1) is 8.97. The van der Waals surface area contributed by atoms with Gasteiger partial charge in [-0.05, 0) is 0 Å². The van der Waals surface area contributed by atoms with Gasteiger partial charge in [-0.1, -0.05) is 4.57 Å². The molecule has 0 rings (SSSR count). The summed E-state index contributed by atoms with van der Waals surface area (Å²) < 4.78 is 37.3. The Balaban J connectivity index is 3.67. The first-order chi connectivity index (χ1) is 3.92. The highest BCUT2D eigenvalue weighted by Gasteiger charge is 2.09. The van der Waals surface area contributed by atoms with Gasteiger partial charge < -0.3 is 4.89 Å². The second-order valence-electron chi connectivity index (χ2n) is 1.34. The molecule has 0 aliphatic carbocycles. The minimum atomic E-state index is -4.10. The van der Waals surface area contributed by atoms with Gasteiger partial charge in [0.1, 0.15) is 5.75 Å². The van der Waals surface area contributed by atoms with E-state index >= 15 is 0 Å². The molecule has 0 fully saturated rings. The number of rotatable bonds is 3. The minimum absolute atomic E-state index is 0.520. The molecule has 0 saturated carbocycles. The van der Waals surface area contributed by atoms with Gasteiger partial charge in [-0.3, -0.25) is 4.55 Å². The second-order valence-corrected chi connectivity index (χ2v) is 4.03. The highest BCUT2D eigenvalue weighted by atomic mass is 32.2. The zero-order valence-corrected chi connectivity index (χ0v) is 6.06. The van der Waals surface area contributed by atoms with E-state index in [4.69, 9.17) is 4.55 Å². The SMILES string of the molecule is O=[P+]([O-])CCS(=O)(=O)O. The quantitative estimate of drug-likeness (QED) is 0.434. The van der Waals surface area contributed by atoms with Gasteiger partial charge in [0.25, 0.3) is 10.1 Å². The summed E-state index contributed by atoms with van der Waals surface area (Å²) in [5.41, 5.74) is 0. The van der Waals surface area contributed by atoms with Gasteiger partial charge in [-0.15, -0.1) is 0 Å². The van der Waals surface area contributed by atoms with Crippen molar-refractivity contribution >= 4 is 18.1 Å². The molecule has 0 aromatic heterocycles. The zero-order chi connectivity index (χ0) is 7.49. The summed E-state index contributed by atoms with van der Waals surface area (Å²) in [7, 11) is -6.81. The Bertz CT molecular complexity index is 193. The van der Waals surface area contributed by atoms with Gasteiger partial charge >= 0.3 is 8.03 Å². The van der Waals surface area contributed by atoms with Crippen LogP contribution < -0.4 is 4.89 Å². The first-order valence-corrected chi connectivity index (χ1v) is 4.96. The Morgan fingerprint density at radius 1 is 1.56 bits per heavy atom. The zero-order valence-electron chi connectivity index (χ0n) is 4.35. The predicted octanol–water partition coefficient (Wildman–Crippen LogP) is -1.02. The van der Waals surface area contributed by atoms with Gasteiger partial charge in [-0.2, -0.15) is 8.42 Å². The maximum atomic E-state index is 9.82. The Labute approximate surface area is 53.3 Å². The second kappa shape index (κ2) is 3.22. The van der Waals surface area contributed by atoms with Crippen LogP contribution in [0.5, 0.6) is 0 Å². The normalized spacial score (nSPS) is 13.3. The third-order valence-electron chi connectivity index (χ3n) is 0.532. The summed E-state index contributed by atoms with van der Waals surface area (Å²) in [6, 6.07) is 0. The molecule has 1 atom stereocenters. The Hall–Kier alpha value is -0.0300. The fraction of sp³-hybridized carbons (Fsp3) is 1.00. The molecule has 0 heterocycles. The molecule has 0 amide bonds. The molecule has 0 aromatic rings. The van der Waals surface area contributed by atoms with E-state index in [0.29, 0.717) is 0 Å². The van der Waals surface area contributed by atoms with E-state index in [1.165, 1.54) is 0 Å². The van der Waals surface area contributed by atoms with Crippen LogP contribution in [0.25, 0.3) is 0 Å². The van der Waals surface area contributed by atoms with Gasteiger partial charge in [0.05, 0.1) is 0 Å². The molecule has 0 aliphatic heterocycles. The average Bonchev–Trinajstić information content (AvgIpc) is 1.59. The lowest BCUT2D eigenvalue weighted by Crippen LogP contribution is -2.08. The summed E-state index contributed by atoms with van der Waals surface area (Å²) in [4.78, 5) is 9.71. The summed E-state index contributed by atoms with van der Waals surface area (Å²) >= 11 is 0. The van der Waals surface area contributed by atoms with E-state index in [-0.39, 0.29) is 0 Å². The van der Waals surface area contributed by atoms with Gasteiger partial charge in [0, 0.05) is 0 Å². The van der Waals surface area contributed by atoms with Crippen LogP contribution in [0.1, 0.15) is 0 Å². The monoisotopic (exact) mass is 172 g/mol. The van der Waals surface area contributed by atoms with Crippen LogP contribution >= 0.6 is 8.03 Å². The van der Waals surface area contributed by atoms with Crippen LogP contribution in [0.3, 0.4) is 0 Å². The smallest absolute Gasteiger partial charge is 0.309 e. The van der Waals surface area contributed by atoms with Crippen LogP contribution in [0.4, 0.5) is 0 Å². The molecule has 9 heavy (non-hydrogen) atoms. The van der Waals surface area contributed by atoms with E-state index in [1.807, 2.05) is 0 Å². The topological polar surface area (TPSA) is 94.5 Å². The number of hydrogen-bond acceptors (Lipinski definition) is 4.